The number of aliphatic hydroxyl groups excluding tert-OH is 1. The van der Waals surface area contributed by atoms with Gasteiger partial charge in [0.1, 0.15) is 12.4 Å². The largest absolute Gasteiger partial charge is 0.458 e. The van der Waals surface area contributed by atoms with E-state index < -0.39 is 11.6 Å². The monoisotopic (exact) mass is 502 g/mol. The Morgan fingerprint density at radius 2 is 2.00 bits per heavy atom. The summed E-state index contributed by atoms with van der Waals surface area (Å²) in [5.41, 5.74) is 3.19. The number of amidine groups is 1. The maximum Gasteiger partial charge on any atom is 0.343 e. The molecular formula is C28H30N4O5. The molecule has 9 nitrogen and oxygen atoms in total. The zero-order chi connectivity index (χ0) is 25.9. The van der Waals surface area contributed by atoms with Crippen LogP contribution in [0, 0.1) is 0 Å². The molecule has 0 bridgehead atoms. The summed E-state index contributed by atoms with van der Waals surface area (Å²) < 4.78 is 6.88. The number of carbonyl (C=O) groups is 1. The quantitative estimate of drug-likeness (QED) is 0.293. The molecule has 5 heterocycles. The standard InChI is InChI=1S/C28H30N4O5/c1-3-5-6-11-31-22(10-12-33)29-19-8-7-9-20-23(19)25(31)16-14-32-21(24(16)30-20)13-18-17(26(32)34)15-37-27(35)28(18,36)4-2/h7-9,13,33,36H,3-6,10-12,14-15H2,1-2H3. The van der Waals surface area contributed by atoms with E-state index in [0.717, 1.165) is 59.5 Å². The molecular weight excluding hydrogens is 472 g/mol. The van der Waals surface area contributed by atoms with E-state index in [-0.39, 0.29) is 25.2 Å². The summed E-state index contributed by atoms with van der Waals surface area (Å²) in [5, 5.41) is 21.9. The Balaban J connectivity index is 1.61. The molecule has 1 atom stereocenters. The fourth-order valence-electron chi connectivity index (χ4n) is 5.86. The maximum atomic E-state index is 13.7. The maximum absolute atomic E-state index is 13.7. The number of hydrogen-bond donors (Lipinski definition) is 2. The SMILES string of the molecule is CCCCCN1C(CCO)=Nc2cccc3nc4c(c1c23)Cn1c-4cc2c(c1=O)COC(=O)C2(O)CC. The van der Waals surface area contributed by atoms with Gasteiger partial charge in [0.25, 0.3) is 5.56 Å². The number of carbonyl (C=O) groups excluding carboxylic acids is 1. The van der Waals surface area contributed by atoms with Gasteiger partial charge < -0.3 is 24.4 Å². The third-order valence-corrected chi connectivity index (χ3v) is 7.81. The Morgan fingerprint density at radius 3 is 2.76 bits per heavy atom. The molecule has 0 fully saturated rings. The number of unbranched alkanes of at least 4 members (excludes halogenated alkanes) is 2. The molecule has 2 aromatic heterocycles. The third kappa shape index (κ3) is 3.37. The van der Waals surface area contributed by atoms with Crippen molar-refractivity contribution in [3.63, 3.8) is 0 Å². The predicted molar refractivity (Wildman–Crippen MR) is 140 cm³/mol. The van der Waals surface area contributed by atoms with Crippen LogP contribution in [-0.4, -0.2) is 44.7 Å². The molecule has 3 aliphatic heterocycles. The first-order valence-electron chi connectivity index (χ1n) is 13.0. The molecule has 0 spiro atoms. The van der Waals surface area contributed by atoms with Crippen LogP contribution in [0.2, 0.25) is 0 Å². The number of pyridine rings is 2. The van der Waals surface area contributed by atoms with Crippen molar-refractivity contribution < 1.29 is 19.7 Å². The minimum absolute atomic E-state index is 0.0161. The van der Waals surface area contributed by atoms with Crippen LogP contribution < -0.4 is 10.5 Å². The highest BCUT2D eigenvalue weighted by atomic mass is 16.6. The molecule has 3 aromatic rings. The number of cyclic esters (lactones) is 1. The molecule has 3 aliphatic rings. The van der Waals surface area contributed by atoms with Crippen LogP contribution in [0.15, 0.2) is 34.1 Å². The van der Waals surface area contributed by atoms with E-state index in [0.29, 0.717) is 35.5 Å². The zero-order valence-corrected chi connectivity index (χ0v) is 21.1. The fraction of sp³-hybridized carbons (Fsp3) is 0.429. The van der Waals surface area contributed by atoms with Crippen LogP contribution in [-0.2, 0) is 28.3 Å². The highest BCUT2D eigenvalue weighted by molar-refractivity contribution is 6.16. The van der Waals surface area contributed by atoms with Gasteiger partial charge in [0, 0.05) is 24.1 Å². The second kappa shape index (κ2) is 8.78. The van der Waals surface area contributed by atoms with Crippen molar-refractivity contribution in [3.8, 4) is 11.4 Å². The summed E-state index contributed by atoms with van der Waals surface area (Å²) in [6.07, 6.45) is 3.63. The van der Waals surface area contributed by atoms with E-state index in [9.17, 15) is 19.8 Å². The van der Waals surface area contributed by atoms with Crippen molar-refractivity contribution in [2.45, 2.75) is 64.7 Å². The van der Waals surface area contributed by atoms with E-state index in [1.165, 1.54) is 0 Å². The zero-order valence-electron chi connectivity index (χ0n) is 21.1. The number of nitrogens with zero attached hydrogens (tertiary/aromatic N) is 4. The number of aliphatic imine (C=N–C) groups is 1. The molecule has 0 aliphatic carbocycles. The molecule has 0 saturated heterocycles. The molecule has 1 aromatic carbocycles. The lowest BCUT2D eigenvalue weighted by Crippen LogP contribution is -2.44. The number of ether oxygens (including phenoxy) is 1. The molecule has 9 heteroatoms. The first-order chi connectivity index (χ1) is 17.9. The molecule has 1 unspecified atom stereocenters. The number of aromatic nitrogens is 2. The van der Waals surface area contributed by atoms with Gasteiger partial charge in [-0.3, -0.25) is 4.79 Å². The Bertz CT molecular complexity index is 1540. The van der Waals surface area contributed by atoms with Gasteiger partial charge in [-0.05, 0) is 31.0 Å². The van der Waals surface area contributed by atoms with Crippen LogP contribution in [0.3, 0.4) is 0 Å². The van der Waals surface area contributed by atoms with Crippen molar-refractivity contribution in [2.75, 3.05) is 18.1 Å². The highest BCUT2D eigenvalue weighted by Gasteiger charge is 2.45. The van der Waals surface area contributed by atoms with Gasteiger partial charge >= 0.3 is 5.97 Å². The van der Waals surface area contributed by atoms with E-state index in [4.69, 9.17) is 14.7 Å². The second-order valence-electron chi connectivity index (χ2n) is 9.92. The molecule has 0 saturated carbocycles. The van der Waals surface area contributed by atoms with Crippen LogP contribution in [0.5, 0.6) is 0 Å². The topological polar surface area (TPSA) is 117 Å². The van der Waals surface area contributed by atoms with Gasteiger partial charge in [-0.15, -0.1) is 0 Å². The molecule has 6 rings (SSSR count). The number of anilines is 1. The summed E-state index contributed by atoms with van der Waals surface area (Å²) in [5.74, 6) is 0.0668. The Kier molecular flexibility index (Phi) is 5.65. The number of benzene rings is 1. The number of esters is 1. The van der Waals surface area contributed by atoms with Gasteiger partial charge in [0.05, 0.1) is 52.4 Å². The molecule has 2 N–H and O–H groups in total. The first kappa shape index (κ1) is 23.8. The predicted octanol–water partition coefficient (Wildman–Crippen LogP) is 3.50. The van der Waals surface area contributed by atoms with Crippen molar-refractivity contribution in [2.24, 2.45) is 4.99 Å². The lowest BCUT2D eigenvalue weighted by atomic mass is 9.86. The van der Waals surface area contributed by atoms with E-state index in [1.54, 1.807) is 17.6 Å². The van der Waals surface area contributed by atoms with Crippen LogP contribution in [0.1, 0.15) is 62.6 Å². The number of rotatable bonds is 7. The molecule has 0 radical (unpaired) electrons. The summed E-state index contributed by atoms with van der Waals surface area (Å²) in [6.45, 7) is 4.74. The second-order valence-corrected chi connectivity index (χ2v) is 9.92. The van der Waals surface area contributed by atoms with Gasteiger partial charge in [-0.2, -0.15) is 0 Å². The number of hydrogen-bond acceptors (Lipinski definition) is 8. The van der Waals surface area contributed by atoms with Crippen molar-refractivity contribution in [3.05, 3.63) is 51.3 Å². The Labute approximate surface area is 214 Å². The highest BCUT2D eigenvalue weighted by Crippen LogP contribution is 2.47. The van der Waals surface area contributed by atoms with E-state index >= 15 is 0 Å². The summed E-state index contributed by atoms with van der Waals surface area (Å²) in [7, 11) is 0. The van der Waals surface area contributed by atoms with Crippen LogP contribution >= 0.6 is 0 Å². The smallest absolute Gasteiger partial charge is 0.343 e. The van der Waals surface area contributed by atoms with Crippen molar-refractivity contribution in [1.82, 2.24) is 9.55 Å². The molecule has 37 heavy (non-hydrogen) atoms. The third-order valence-electron chi connectivity index (χ3n) is 7.81. The van der Waals surface area contributed by atoms with Gasteiger partial charge in [0.2, 0.25) is 0 Å². The minimum Gasteiger partial charge on any atom is -0.458 e. The molecule has 192 valence electrons. The average Bonchev–Trinajstić information content (AvgIpc) is 3.27. The fourth-order valence-corrected chi connectivity index (χ4v) is 5.86. The van der Waals surface area contributed by atoms with E-state index in [1.807, 2.05) is 18.2 Å². The van der Waals surface area contributed by atoms with Gasteiger partial charge in [0.15, 0.2) is 5.60 Å². The van der Waals surface area contributed by atoms with Gasteiger partial charge in [-0.1, -0.05) is 32.8 Å². The van der Waals surface area contributed by atoms with Crippen molar-refractivity contribution >= 4 is 34.1 Å². The van der Waals surface area contributed by atoms with Crippen LogP contribution in [0.25, 0.3) is 22.3 Å². The first-order valence-corrected chi connectivity index (χ1v) is 13.0. The van der Waals surface area contributed by atoms with E-state index in [2.05, 4.69) is 11.8 Å². The summed E-state index contributed by atoms with van der Waals surface area (Å²) in [4.78, 5) is 38.3. The average molecular weight is 503 g/mol. The minimum atomic E-state index is -1.86. The normalized spacial score (nSPS) is 19.4. The van der Waals surface area contributed by atoms with Gasteiger partial charge in [-0.25, -0.2) is 14.8 Å². The van der Waals surface area contributed by atoms with Crippen LogP contribution in [0.4, 0.5) is 11.4 Å². The summed E-state index contributed by atoms with van der Waals surface area (Å²) >= 11 is 0. The van der Waals surface area contributed by atoms with Crippen molar-refractivity contribution in [1.29, 1.82) is 0 Å². The number of fused-ring (bicyclic) bond motifs is 5. The number of aliphatic hydroxyl groups is 2. The molecule has 0 amide bonds. The lowest BCUT2D eigenvalue weighted by molar-refractivity contribution is -0.172. The summed E-state index contributed by atoms with van der Waals surface area (Å²) in [6, 6.07) is 7.56. The Hall–Kier alpha value is -3.56. The lowest BCUT2D eigenvalue weighted by Gasteiger charge is -2.32. The Morgan fingerprint density at radius 1 is 1.16 bits per heavy atom.